The van der Waals surface area contributed by atoms with Crippen molar-refractivity contribution in [1.82, 2.24) is 0 Å². The van der Waals surface area contributed by atoms with Gasteiger partial charge in [-0.3, -0.25) is 0 Å². The van der Waals surface area contributed by atoms with E-state index in [-0.39, 0.29) is 5.41 Å². The van der Waals surface area contributed by atoms with E-state index in [9.17, 15) is 0 Å². The third-order valence-corrected chi connectivity index (χ3v) is 5.95. The van der Waals surface area contributed by atoms with E-state index in [0.29, 0.717) is 5.92 Å². The third kappa shape index (κ3) is 3.40. The van der Waals surface area contributed by atoms with E-state index in [2.05, 4.69) is 130 Å². The minimum atomic E-state index is -0.360. The topological polar surface area (TPSA) is 0 Å². The van der Waals surface area contributed by atoms with Crippen molar-refractivity contribution in [3.8, 4) is 0 Å². The summed E-state index contributed by atoms with van der Waals surface area (Å²) in [4.78, 5) is 0. The molecule has 4 aromatic rings. The highest BCUT2D eigenvalue weighted by Gasteiger charge is 2.38. The molecule has 0 fully saturated rings. The minimum absolute atomic E-state index is 0.360. The fraction of sp³-hybridized carbons (Fsp3) is 0.172. The lowest BCUT2D eigenvalue weighted by Crippen LogP contribution is -2.31. The van der Waals surface area contributed by atoms with E-state index in [4.69, 9.17) is 0 Å². The zero-order valence-corrected chi connectivity index (χ0v) is 17.5. The van der Waals surface area contributed by atoms with Gasteiger partial charge in [-0.25, -0.2) is 0 Å². The molecule has 0 atom stereocenters. The highest BCUT2D eigenvalue weighted by Crippen LogP contribution is 2.45. The largest absolute Gasteiger partial charge is 0.0701 e. The number of aryl methyl sites for hydroxylation is 1. The van der Waals surface area contributed by atoms with E-state index in [1.54, 1.807) is 0 Å². The number of hydrogen-bond acceptors (Lipinski definition) is 0. The molecule has 0 aliphatic heterocycles. The molecule has 29 heavy (non-hydrogen) atoms. The van der Waals surface area contributed by atoms with Crippen molar-refractivity contribution in [1.29, 1.82) is 0 Å². The summed E-state index contributed by atoms with van der Waals surface area (Å²) in [5.74, 6) is 0.481. The molecule has 0 aliphatic carbocycles. The van der Waals surface area contributed by atoms with Gasteiger partial charge in [0.2, 0.25) is 0 Å². The molecule has 4 aromatic carbocycles. The normalized spacial score (nSPS) is 11.6. The van der Waals surface area contributed by atoms with Crippen molar-refractivity contribution in [2.75, 3.05) is 0 Å². The molecular formula is C29H28. The molecule has 4 rings (SSSR count). The molecule has 0 heteroatoms. The lowest BCUT2D eigenvalue weighted by atomic mass is 9.64. The van der Waals surface area contributed by atoms with Gasteiger partial charge in [-0.15, -0.1) is 0 Å². The summed E-state index contributed by atoms with van der Waals surface area (Å²) >= 11 is 0. The second-order valence-corrected chi connectivity index (χ2v) is 8.07. The van der Waals surface area contributed by atoms with Crippen LogP contribution in [0.25, 0.3) is 0 Å². The zero-order valence-electron chi connectivity index (χ0n) is 17.5. The maximum atomic E-state index is 2.42. The van der Waals surface area contributed by atoms with Crippen molar-refractivity contribution in [2.24, 2.45) is 0 Å². The van der Waals surface area contributed by atoms with Gasteiger partial charge in [0, 0.05) is 0 Å². The first-order valence-electron chi connectivity index (χ1n) is 10.4. The average Bonchev–Trinajstić information content (AvgIpc) is 2.77. The standard InChI is InChI=1S/C29H28/c1-22(2)28-21-27(20-19-23(28)3)29(24-13-7-4-8-14-24,25-15-9-5-10-16-25)26-17-11-6-12-18-26/h4-22H,1-3H3. The molecule has 144 valence electrons. The fourth-order valence-corrected chi connectivity index (χ4v) is 4.56. The first-order chi connectivity index (χ1) is 14.1. The maximum Gasteiger partial charge on any atom is 0.0701 e. The second-order valence-electron chi connectivity index (χ2n) is 8.07. The van der Waals surface area contributed by atoms with Gasteiger partial charge in [0.15, 0.2) is 0 Å². The Morgan fingerprint density at radius 1 is 0.517 bits per heavy atom. The quantitative estimate of drug-likeness (QED) is 0.316. The predicted molar refractivity (Wildman–Crippen MR) is 124 cm³/mol. The van der Waals surface area contributed by atoms with Crippen LogP contribution < -0.4 is 0 Å². The van der Waals surface area contributed by atoms with Crippen molar-refractivity contribution in [3.05, 3.63) is 143 Å². The third-order valence-electron chi connectivity index (χ3n) is 5.95. The molecule has 0 heterocycles. The zero-order chi connectivity index (χ0) is 20.3. The Morgan fingerprint density at radius 2 is 0.931 bits per heavy atom. The molecule has 0 aromatic heterocycles. The van der Waals surface area contributed by atoms with Crippen molar-refractivity contribution < 1.29 is 0 Å². The lowest BCUT2D eigenvalue weighted by Gasteiger charge is -2.37. The summed E-state index contributed by atoms with van der Waals surface area (Å²) in [5.41, 5.74) is 7.58. The number of benzene rings is 4. The monoisotopic (exact) mass is 376 g/mol. The van der Waals surface area contributed by atoms with Gasteiger partial charge in [-0.05, 0) is 46.2 Å². The van der Waals surface area contributed by atoms with Crippen LogP contribution in [0.2, 0.25) is 0 Å². The van der Waals surface area contributed by atoms with Gasteiger partial charge < -0.3 is 0 Å². The fourth-order valence-electron chi connectivity index (χ4n) is 4.56. The van der Waals surface area contributed by atoms with Gasteiger partial charge in [0.25, 0.3) is 0 Å². The maximum absolute atomic E-state index is 2.42. The minimum Gasteiger partial charge on any atom is -0.0622 e. The molecule has 0 spiro atoms. The van der Waals surface area contributed by atoms with Gasteiger partial charge >= 0.3 is 0 Å². The van der Waals surface area contributed by atoms with Crippen molar-refractivity contribution in [2.45, 2.75) is 32.1 Å². The molecule has 0 aliphatic rings. The Labute approximate surface area is 174 Å². The smallest absolute Gasteiger partial charge is 0.0622 e. The molecule has 0 radical (unpaired) electrons. The van der Waals surface area contributed by atoms with Gasteiger partial charge in [-0.2, -0.15) is 0 Å². The average molecular weight is 377 g/mol. The molecule has 0 N–H and O–H groups in total. The van der Waals surface area contributed by atoms with Gasteiger partial charge in [0.05, 0.1) is 5.41 Å². The van der Waals surface area contributed by atoms with Crippen LogP contribution in [-0.4, -0.2) is 0 Å². The summed E-state index contributed by atoms with van der Waals surface area (Å²) < 4.78 is 0. The first-order valence-corrected chi connectivity index (χ1v) is 10.4. The predicted octanol–water partition coefficient (Wildman–Crippen LogP) is 7.50. The summed E-state index contributed by atoms with van der Waals surface area (Å²) in [6, 6.07) is 39.7. The van der Waals surface area contributed by atoms with Crippen molar-refractivity contribution >= 4 is 0 Å². The second kappa shape index (κ2) is 8.09. The van der Waals surface area contributed by atoms with Crippen LogP contribution in [0, 0.1) is 6.92 Å². The Hall–Kier alpha value is -3.12. The molecule has 0 saturated heterocycles. The Balaban J connectivity index is 2.13. The van der Waals surface area contributed by atoms with E-state index >= 15 is 0 Å². The number of hydrogen-bond donors (Lipinski definition) is 0. The van der Waals surface area contributed by atoms with Crippen LogP contribution in [0.3, 0.4) is 0 Å². The molecule has 0 bridgehead atoms. The Morgan fingerprint density at radius 3 is 1.31 bits per heavy atom. The Kier molecular flexibility index (Phi) is 5.36. The molecule has 0 unspecified atom stereocenters. The van der Waals surface area contributed by atoms with E-state index in [1.165, 1.54) is 33.4 Å². The van der Waals surface area contributed by atoms with Crippen LogP contribution in [0.15, 0.2) is 109 Å². The highest BCUT2D eigenvalue weighted by atomic mass is 14.4. The molecule has 0 saturated carbocycles. The molecule has 0 nitrogen and oxygen atoms in total. The van der Waals surface area contributed by atoms with Crippen LogP contribution in [0.5, 0.6) is 0 Å². The molecular weight excluding hydrogens is 348 g/mol. The van der Waals surface area contributed by atoms with Crippen LogP contribution in [-0.2, 0) is 5.41 Å². The van der Waals surface area contributed by atoms with E-state index < -0.39 is 0 Å². The van der Waals surface area contributed by atoms with Crippen LogP contribution in [0.1, 0.15) is 53.1 Å². The van der Waals surface area contributed by atoms with Crippen molar-refractivity contribution in [3.63, 3.8) is 0 Å². The van der Waals surface area contributed by atoms with Crippen LogP contribution in [0.4, 0.5) is 0 Å². The summed E-state index contributed by atoms with van der Waals surface area (Å²) in [6.45, 7) is 6.77. The first kappa shape index (κ1) is 19.2. The van der Waals surface area contributed by atoms with E-state index in [0.717, 1.165) is 0 Å². The van der Waals surface area contributed by atoms with Gasteiger partial charge in [-0.1, -0.05) is 123 Å². The summed E-state index contributed by atoms with van der Waals surface area (Å²) in [6.07, 6.45) is 0. The number of rotatable bonds is 5. The van der Waals surface area contributed by atoms with Crippen LogP contribution >= 0.6 is 0 Å². The lowest BCUT2D eigenvalue weighted by molar-refractivity contribution is 0.737. The summed E-state index contributed by atoms with van der Waals surface area (Å²) in [7, 11) is 0. The Bertz CT molecular complexity index is 964. The highest BCUT2D eigenvalue weighted by molar-refractivity contribution is 5.60. The van der Waals surface area contributed by atoms with Gasteiger partial charge in [0.1, 0.15) is 0 Å². The summed E-state index contributed by atoms with van der Waals surface area (Å²) in [5, 5.41) is 0. The molecule has 0 amide bonds. The van der Waals surface area contributed by atoms with E-state index in [1.807, 2.05) is 0 Å². The SMILES string of the molecule is Cc1ccc(C(c2ccccc2)(c2ccccc2)c2ccccc2)cc1C(C)C.